The van der Waals surface area contributed by atoms with Crippen LogP contribution in [0.25, 0.3) is 6.08 Å². The van der Waals surface area contributed by atoms with Crippen LogP contribution < -0.4 is 0 Å². The number of hydrogen-bond donors (Lipinski definition) is 1. The smallest absolute Gasteiger partial charge is 0.432 e. The van der Waals surface area contributed by atoms with Crippen LogP contribution in [0.3, 0.4) is 0 Å². The number of carboxylic acid groups (broad SMARTS) is 1. The second-order valence-corrected chi connectivity index (χ2v) is 6.26. The fourth-order valence-corrected chi connectivity index (χ4v) is 2.96. The van der Waals surface area contributed by atoms with Crippen LogP contribution >= 0.6 is 11.6 Å². The van der Waals surface area contributed by atoms with E-state index < -0.39 is 11.0 Å². The Morgan fingerprint density at radius 3 is 2.58 bits per heavy atom. The maximum Gasteiger partial charge on any atom is 0.432 e. The molecule has 0 atom stereocenters. The summed E-state index contributed by atoms with van der Waals surface area (Å²) in [7, 11) is 0. The number of carbonyl (C=O) groups is 1. The molecule has 1 amide bonds. The average molecular weight is 372 g/mol. The molecule has 2 aromatic rings. The molecule has 0 unspecified atom stereocenters. The van der Waals surface area contributed by atoms with E-state index in [0.29, 0.717) is 33.1 Å². The highest BCUT2D eigenvalue weighted by molar-refractivity contribution is 6.31. The van der Waals surface area contributed by atoms with Gasteiger partial charge in [-0.3, -0.25) is 10.1 Å². The molecular weight excluding hydrogens is 358 g/mol. The van der Waals surface area contributed by atoms with Gasteiger partial charge in [0.1, 0.15) is 0 Å². The fraction of sp³-hybridized carbons (Fsp3) is 0.111. The minimum absolute atomic E-state index is 0.0151. The van der Waals surface area contributed by atoms with Crippen molar-refractivity contribution in [3.63, 3.8) is 0 Å². The largest absolute Gasteiger partial charge is 0.463 e. The number of nitro benzene ring substituents is 1. The highest BCUT2D eigenvalue weighted by Crippen LogP contribution is 2.28. The van der Waals surface area contributed by atoms with Crippen molar-refractivity contribution < 1.29 is 14.8 Å². The van der Waals surface area contributed by atoms with E-state index in [1.165, 1.54) is 6.07 Å². The first kappa shape index (κ1) is 17.6. The van der Waals surface area contributed by atoms with E-state index in [4.69, 9.17) is 11.6 Å². The molecule has 0 aromatic heterocycles. The summed E-state index contributed by atoms with van der Waals surface area (Å²) >= 11 is 6.12. The van der Waals surface area contributed by atoms with Gasteiger partial charge >= 0.3 is 6.09 Å². The third-order valence-electron chi connectivity index (χ3n) is 4.02. The van der Waals surface area contributed by atoms with Crippen molar-refractivity contribution in [3.05, 3.63) is 79.5 Å². The summed E-state index contributed by atoms with van der Waals surface area (Å²) in [5, 5.41) is 26.2. The van der Waals surface area contributed by atoms with Crippen LogP contribution in [0.15, 0.2) is 47.2 Å². The Morgan fingerprint density at radius 2 is 1.96 bits per heavy atom. The zero-order valence-electron chi connectivity index (χ0n) is 13.9. The van der Waals surface area contributed by atoms with Crippen LogP contribution in [0, 0.1) is 17.0 Å². The number of halogens is 1. The van der Waals surface area contributed by atoms with Crippen molar-refractivity contribution in [3.8, 4) is 0 Å². The molecule has 132 valence electrons. The number of benzene rings is 2. The van der Waals surface area contributed by atoms with Gasteiger partial charge in [-0.1, -0.05) is 17.7 Å². The predicted molar refractivity (Wildman–Crippen MR) is 98.4 cm³/mol. The Morgan fingerprint density at radius 1 is 1.23 bits per heavy atom. The summed E-state index contributed by atoms with van der Waals surface area (Å²) in [6.45, 7) is 3.26. The summed E-state index contributed by atoms with van der Waals surface area (Å²) in [6, 6.07) is 9.73. The molecule has 0 spiro atoms. The number of amides is 1. The first-order valence-electron chi connectivity index (χ1n) is 7.63. The van der Waals surface area contributed by atoms with Gasteiger partial charge in [0.2, 0.25) is 0 Å². The lowest BCUT2D eigenvalue weighted by atomic mass is 9.96. The lowest BCUT2D eigenvalue weighted by Gasteiger charge is -2.14. The Hall–Kier alpha value is -3.19. The van der Waals surface area contributed by atoms with E-state index in [9.17, 15) is 20.0 Å². The zero-order chi connectivity index (χ0) is 19.0. The highest BCUT2D eigenvalue weighted by Gasteiger charge is 2.23. The number of hydrazone groups is 1. The van der Waals surface area contributed by atoms with Gasteiger partial charge in [-0.25, -0.2) is 4.79 Å². The van der Waals surface area contributed by atoms with Crippen molar-refractivity contribution in [2.24, 2.45) is 5.10 Å². The molecule has 0 saturated carbocycles. The lowest BCUT2D eigenvalue weighted by Crippen LogP contribution is -2.23. The summed E-state index contributed by atoms with van der Waals surface area (Å²) in [4.78, 5) is 22.2. The molecule has 1 aliphatic rings. The van der Waals surface area contributed by atoms with Crippen LogP contribution in [0.5, 0.6) is 0 Å². The van der Waals surface area contributed by atoms with E-state index in [1.807, 2.05) is 0 Å². The Bertz CT molecular complexity index is 998. The maximum absolute atomic E-state index is 11.6. The number of fused-ring (bicyclic) bond motifs is 1. The first-order chi connectivity index (χ1) is 12.3. The van der Waals surface area contributed by atoms with Crippen molar-refractivity contribution >= 4 is 35.2 Å². The number of nitrogens with zero attached hydrogens (tertiary/aromatic N) is 3. The number of nitro groups is 1. The Labute approximate surface area is 154 Å². The predicted octanol–water partition coefficient (Wildman–Crippen LogP) is 4.66. The third-order valence-corrected chi connectivity index (χ3v) is 4.25. The van der Waals surface area contributed by atoms with Gasteiger partial charge in [-0.15, -0.1) is 0 Å². The molecule has 0 radical (unpaired) electrons. The molecule has 0 aliphatic carbocycles. The first-order valence-corrected chi connectivity index (χ1v) is 8.01. The van der Waals surface area contributed by atoms with E-state index in [-0.39, 0.29) is 5.69 Å². The van der Waals surface area contributed by atoms with Gasteiger partial charge in [0, 0.05) is 33.5 Å². The topological polar surface area (TPSA) is 96.0 Å². The summed E-state index contributed by atoms with van der Waals surface area (Å²) < 4.78 is 0. The molecule has 1 N–H and O–H groups in total. The summed E-state index contributed by atoms with van der Waals surface area (Å²) in [5.74, 6) is 0. The lowest BCUT2D eigenvalue weighted by molar-refractivity contribution is -0.385. The maximum atomic E-state index is 11.6. The van der Waals surface area contributed by atoms with Gasteiger partial charge in [-0.2, -0.15) is 10.1 Å². The van der Waals surface area contributed by atoms with Gasteiger partial charge in [0.05, 0.1) is 10.6 Å². The van der Waals surface area contributed by atoms with Crippen LogP contribution in [-0.4, -0.2) is 26.8 Å². The molecule has 1 heterocycles. The van der Waals surface area contributed by atoms with Crippen molar-refractivity contribution in [1.29, 1.82) is 0 Å². The third kappa shape index (κ3) is 3.16. The molecule has 7 nitrogen and oxygen atoms in total. The number of rotatable bonds is 2. The van der Waals surface area contributed by atoms with Crippen molar-refractivity contribution in [1.82, 2.24) is 5.01 Å². The van der Waals surface area contributed by atoms with Gasteiger partial charge in [0.25, 0.3) is 5.69 Å². The molecule has 0 fully saturated rings. The van der Waals surface area contributed by atoms with Gasteiger partial charge in [0.15, 0.2) is 0 Å². The summed E-state index contributed by atoms with van der Waals surface area (Å²) in [6.07, 6.45) is 0.475. The van der Waals surface area contributed by atoms with Crippen molar-refractivity contribution in [2.75, 3.05) is 0 Å². The Balaban J connectivity index is 2.26. The molecule has 3 rings (SSSR count). The van der Waals surface area contributed by atoms with Crippen LogP contribution in [-0.2, 0) is 0 Å². The van der Waals surface area contributed by atoms with Crippen LogP contribution in [0.1, 0.15) is 29.2 Å². The standard InChI is InChI=1S/C18H14ClN3O4/c1-10-7-13(4-6-16(10)22(25)26)17-15-9-14(19)5-3-12(15)8-11(2)21(20-17)18(23)24/h3-9H,1-2H3,(H,23,24). The van der Waals surface area contributed by atoms with E-state index >= 15 is 0 Å². The number of allylic oxidation sites excluding steroid dienone is 1. The average Bonchev–Trinajstić information content (AvgIpc) is 2.70. The monoisotopic (exact) mass is 371 g/mol. The molecule has 26 heavy (non-hydrogen) atoms. The molecule has 1 aliphatic heterocycles. The van der Waals surface area contributed by atoms with Gasteiger partial charge < -0.3 is 5.11 Å². The summed E-state index contributed by atoms with van der Waals surface area (Å²) in [5.41, 5.74) is 3.20. The van der Waals surface area contributed by atoms with E-state index in [2.05, 4.69) is 5.10 Å². The van der Waals surface area contributed by atoms with Crippen LogP contribution in [0.4, 0.5) is 10.5 Å². The normalized spacial score (nSPS) is 13.4. The van der Waals surface area contributed by atoms with E-state index in [0.717, 1.165) is 10.6 Å². The SMILES string of the molecule is CC1=Cc2ccc(Cl)cc2C(c2ccc([N+](=O)[O-])c(C)c2)=NN1C(=O)O. The Kier molecular flexibility index (Phi) is 4.48. The van der Waals surface area contributed by atoms with Crippen molar-refractivity contribution in [2.45, 2.75) is 13.8 Å². The molecule has 2 aromatic carbocycles. The molecule has 0 bridgehead atoms. The van der Waals surface area contributed by atoms with Gasteiger partial charge in [-0.05, 0) is 49.8 Å². The van der Waals surface area contributed by atoms with Crippen LogP contribution in [0.2, 0.25) is 5.02 Å². The zero-order valence-corrected chi connectivity index (χ0v) is 14.7. The molecule has 0 saturated heterocycles. The number of aryl methyl sites for hydroxylation is 1. The highest BCUT2D eigenvalue weighted by atomic mass is 35.5. The second-order valence-electron chi connectivity index (χ2n) is 5.82. The minimum Gasteiger partial charge on any atom is -0.463 e. The second kappa shape index (κ2) is 6.61. The molecular formula is C18H14ClN3O4. The van der Waals surface area contributed by atoms with E-state index in [1.54, 1.807) is 50.3 Å². The number of hydrogen-bond acceptors (Lipinski definition) is 4. The minimum atomic E-state index is -1.23. The quantitative estimate of drug-likeness (QED) is 0.613. The fourth-order valence-electron chi connectivity index (χ4n) is 2.79. The molecule has 8 heteroatoms.